The van der Waals surface area contributed by atoms with Crippen LogP contribution >= 0.6 is 0 Å². The van der Waals surface area contributed by atoms with E-state index in [0.717, 1.165) is 25.7 Å². The summed E-state index contributed by atoms with van der Waals surface area (Å²) in [6.07, 6.45) is 4.40. The first-order chi connectivity index (χ1) is 9.60. The Labute approximate surface area is 120 Å². The van der Waals surface area contributed by atoms with E-state index in [-0.39, 0.29) is 17.0 Å². The Balaban J connectivity index is 2.65. The minimum atomic E-state index is -1.08. The van der Waals surface area contributed by atoms with Crippen LogP contribution in [0.25, 0.3) is 0 Å². The van der Waals surface area contributed by atoms with Gasteiger partial charge in [-0.2, -0.15) is 0 Å². The topological polar surface area (TPSA) is 66.4 Å². The fourth-order valence-corrected chi connectivity index (χ4v) is 2.14. The molecule has 0 fully saturated rings. The molecule has 1 aromatic carbocycles. The molecule has 0 heterocycles. The van der Waals surface area contributed by atoms with E-state index in [4.69, 9.17) is 5.11 Å². The van der Waals surface area contributed by atoms with E-state index in [1.807, 2.05) is 0 Å². The standard InChI is InChI=1S/C16H23NO3/c1-3-5-8-12(4-2)11-17-15(18)13-9-6-7-10-14(13)16(19)20/h6-7,9-10,12H,3-5,8,11H2,1-2H3,(H,17,18)(H,19,20). The van der Waals surface area contributed by atoms with Crippen molar-refractivity contribution in [1.82, 2.24) is 5.32 Å². The maximum Gasteiger partial charge on any atom is 0.336 e. The molecule has 4 nitrogen and oxygen atoms in total. The lowest BCUT2D eigenvalue weighted by atomic mass is 9.99. The highest BCUT2D eigenvalue weighted by Gasteiger charge is 2.16. The number of carbonyl (C=O) groups is 2. The molecule has 1 rings (SSSR count). The number of rotatable bonds is 8. The summed E-state index contributed by atoms with van der Waals surface area (Å²) in [7, 11) is 0. The molecule has 1 atom stereocenters. The minimum Gasteiger partial charge on any atom is -0.478 e. The third-order valence-electron chi connectivity index (χ3n) is 3.50. The third kappa shape index (κ3) is 4.68. The van der Waals surface area contributed by atoms with Crippen LogP contribution in [-0.4, -0.2) is 23.5 Å². The third-order valence-corrected chi connectivity index (χ3v) is 3.50. The highest BCUT2D eigenvalue weighted by atomic mass is 16.4. The Morgan fingerprint density at radius 2 is 1.85 bits per heavy atom. The summed E-state index contributed by atoms with van der Waals surface area (Å²) in [5.74, 6) is -0.928. The normalized spacial score (nSPS) is 11.9. The number of carboxylic acids is 1. The fraction of sp³-hybridized carbons (Fsp3) is 0.500. The second-order valence-electron chi connectivity index (χ2n) is 4.98. The lowest BCUT2D eigenvalue weighted by molar-refractivity contribution is 0.0691. The molecule has 0 aliphatic heterocycles. The van der Waals surface area contributed by atoms with Gasteiger partial charge in [-0.15, -0.1) is 0 Å². The molecule has 1 amide bonds. The first-order valence-electron chi connectivity index (χ1n) is 7.20. The van der Waals surface area contributed by atoms with E-state index in [1.165, 1.54) is 6.07 Å². The van der Waals surface area contributed by atoms with Crippen molar-refractivity contribution in [2.45, 2.75) is 39.5 Å². The van der Waals surface area contributed by atoms with Crippen LogP contribution in [0.2, 0.25) is 0 Å². The van der Waals surface area contributed by atoms with Gasteiger partial charge in [0.1, 0.15) is 0 Å². The molecule has 0 aliphatic carbocycles. The molecule has 0 saturated carbocycles. The second kappa shape index (κ2) is 8.35. The molecule has 0 bridgehead atoms. The quantitative estimate of drug-likeness (QED) is 0.766. The Morgan fingerprint density at radius 1 is 1.20 bits per heavy atom. The van der Waals surface area contributed by atoms with E-state index >= 15 is 0 Å². The van der Waals surface area contributed by atoms with Gasteiger partial charge in [0.2, 0.25) is 0 Å². The molecule has 0 radical (unpaired) electrons. The average molecular weight is 277 g/mol. The number of amides is 1. The number of aromatic carboxylic acids is 1. The lowest BCUT2D eigenvalue weighted by Gasteiger charge is -2.15. The molecule has 2 N–H and O–H groups in total. The first kappa shape index (κ1) is 16.2. The SMILES string of the molecule is CCCCC(CC)CNC(=O)c1ccccc1C(=O)O. The maximum atomic E-state index is 12.1. The Bertz CT molecular complexity index is 457. The van der Waals surface area contributed by atoms with Gasteiger partial charge in [-0.25, -0.2) is 4.79 Å². The number of benzene rings is 1. The van der Waals surface area contributed by atoms with Crippen LogP contribution < -0.4 is 5.32 Å². The predicted octanol–water partition coefficient (Wildman–Crippen LogP) is 3.33. The zero-order valence-corrected chi connectivity index (χ0v) is 12.2. The van der Waals surface area contributed by atoms with Crippen LogP contribution in [0.5, 0.6) is 0 Å². The van der Waals surface area contributed by atoms with Gasteiger partial charge in [0.15, 0.2) is 0 Å². The molecule has 1 unspecified atom stereocenters. The van der Waals surface area contributed by atoms with Crippen LogP contribution in [-0.2, 0) is 0 Å². The van der Waals surface area contributed by atoms with Gasteiger partial charge in [-0.3, -0.25) is 4.79 Å². The number of hydrogen-bond acceptors (Lipinski definition) is 2. The summed E-state index contributed by atoms with van der Waals surface area (Å²) in [6.45, 7) is 4.86. The van der Waals surface area contributed by atoms with Gasteiger partial charge in [0.25, 0.3) is 5.91 Å². The zero-order chi connectivity index (χ0) is 15.0. The van der Waals surface area contributed by atoms with Crippen molar-refractivity contribution in [3.63, 3.8) is 0 Å². The Hall–Kier alpha value is -1.84. The molecule has 110 valence electrons. The van der Waals surface area contributed by atoms with Gasteiger partial charge in [0, 0.05) is 6.54 Å². The van der Waals surface area contributed by atoms with E-state index in [0.29, 0.717) is 12.5 Å². The number of carbonyl (C=O) groups excluding carboxylic acids is 1. The highest BCUT2D eigenvalue weighted by Crippen LogP contribution is 2.13. The van der Waals surface area contributed by atoms with Gasteiger partial charge < -0.3 is 10.4 Å². The van der Waals surface area contributed by atoms with Gasteiger partial charge in [0.05, 0.1) is 11.1 Å². The largest absolute Gasteiger partial charge is 0.478 e. The van der Waals surface area contributed by atoms with Crippen molar-refractivity contribution in [2.75, 3.05) is 6.54 Å². The van der Waals surface area contributed by atoms with Gasteiger partial charge >= 0.3 is 5.97 Å². The Kier molecular flexibility index (Phi) is 6.77. The van der Waals surface area contributed by atoms with Crippen molar-refractivity contribution >= 4 is 11.9 Å². The summed E-state index contributed by atoms with van der Waals surface area (Å²) in [5, 5.41) is 11.9. The lowest BCUT2D eigenvalue weighted by Crippen LogP contribution is -2.30. The molecule has 0 aromatic heterocycles. The summed E-state index contributed by atoms with van der Waals surface area (Å²) < 4.78 is 0. The number of nitrogens with one attached hydrogen (secondary N) is 1. The first-order valence-corrected chi connectivity index (χ1v) is 7.20. The summed E-state index contributed by atoms with van der Waals surface area (Å²) in [5.41, 5.74) is 0.275. The number of carboxylic acid groups (broad SMARTS) is 1. The molecular formula is C16H23NO3. The monoisotopic (exact) mass is 277 g/mol. The molecular weight excluding hydrogens is 254 g/mol. The smallest absolute Gasteiger partial charge is 0.336 e. The van der Waals surface area contributed by atoms with Crippen molar-refractivity contribution < 1.29 is 14.7 Å². The van der Waals surface area contributed by atoms with Crippen LogP contribution in [0.15, 0.2) is 24.3 Å². The van der Waals surface area contributed by atoms with E-state index < -0.39 is 5.97 Å². The molecule has 0 aliphatic rings. The maximum absolute atomic E-state index is 12.1. The van der Waals surface area contributed by atoms with Gasteiger partial charge in [-0.05, 0) is 24.5 Å². The van der Waals surface area contributed by atoms with Crippen LogP contribution in [0, 0.1) is 5.92 Å². The molecule has 0 spiro atoms. The van der Waals surface area contributed by atoms with Crippen molar-refractivity contribution in [1.29, 1.82) is 0 Å². The zero-order valence-electron chi connectivity index (χ0n) is 12.2. The van der Waals surface area contributed by atoms with Crippen molar-refractivity contribution in [2.24, 2.45) is 5.92 Å². The highest BCUT2D eigenvalue weighted by molar-refractivity contribution is 6.04. The number of hydrogen-bond donors (Lipinski definition) is 2. The van der Waals surface area contributed by atoms with Gasteiger partial charge in [-0.1, -0.05) is 45.2 Å². The molecule has 0 saturated heterocycles. The van der Waals surface area contributed by atoms with E-state index in [9.17, 15) is 9.59 Å². The molecule has 20 heavy (non-hydrogen) atoms. The van der Waals surface area contributed by atoms with Crippen LogP contribution in [0.1, 0.15) is 60.2 Å². The predicted molar refractivity (Wildman–Crippen MR) is 79.0 cm³/mol. The fourth-order valence-electron chi connectivity index (χ4n) is 2.14. The average Bonchev–Trinajstić information content (AvgIpc) is 2.47. The Morgan fingerprint density at radius 3 is 2.40 bits per heavy atom. The van der Waals surface area contributed by atoms with Crippen molar-refractivity contribution in [3.8, 4) is 0 Å². The minimum absolute atomic E-state index is 0.0478. The molecule has 4 heteroatoms. The summed E-state index contributed by atoms with van der Waals surface area (Å²) in [4.78, 5) is 23.2. The van der Waals surface area contributed by atoms with Crippen LogP contribution in [0.3, 0.4) is 0 Å². The number of unbranched alkanes of at least 4 members (excludes halogenated alkanes) is 1. The van der Waals surface area contributed by atoms with Crippen LogP contribution in [0.4, 0.5) is 0 Å². The summed E-state index contributed by atoms with van der Waals surface area (Å²) in [6, 6.07) is 6.30. The van der Waals surface area contributed by atoms with Crippen molar-refractivity contribution in [3.05, 3.63) is 35.4 Å². The van der Waals surface area contributed by atoms with E-state index in [2.05, 4.69) is 19.2 Å². The second-order valence-corrected chi connectivity index (χ2v) is 4.98. The van der Waals surface area contributed by atoms with E-state index in [1.54, 1.807) is 18.2 Å². The summed E-state index contributed by atoms with van der Waals surface area (Å²) >= 11 is 0. The molecule has 1 aromatic rings.